The molecular formula is C15H17BrN2O. The van der Waals surface area contributed by atoms with Crippen molar-refractivity contribution in [1.82, 2.24) is 4.90 Å². The van der Waals surface area contributed by atoms with Crippen LogP contribution in [0.3, 0.4) is 0 Å². The van der Waals surface area contributed by atoms with Crippen LogP contribution in [0.4, 0.5) is 0 Å². The average Bonchev–Trinajstić information content (AvgIpc) is 2.35. The van der Waals surface area contributed by atoms with Crippen molar-refractivity contribution in [3.8, 4) is 6.07 Å². The zero-order valence-corrected chi connectivity index (χ0v) is 12.6. The van der Waals surface area contributed by atoms with Crippen molar-refractivity contribution in [3.63, 3.8) is 0 Å². The van der Waals surface area contributed by atoms with E-state index in [0.29, 0.717) is 19.4 Å². The van der Waals surface area contributed by atoms with E-state index >= 15 is 0 Å². The Morgan fingerprint density at radius 1 is 1.53 bits per heavy atom. The van der Waals surface area contributed by atoms with Crippen molar-refractivity contribution < 1.29 is 4.79 Å². The van der Waals surface area contributed by atoms with Gasteiger partial charge in [0.2, 0.25) is 5.91 Å². The first kappa shape index (κ1) is 14.1. The molecule has 1 aromatic carbocycles. The van der Waals surface area contributed by atoms with E-state index < -0.39 is 5.41 Å². The average molecular weight is 321 g/mol. The minimum Gasteiger partial charge on any atom is -0.344 e. The van der Waals surface area contributed by atoms with E-state index in [1.165, 1.54) is 5.56 Å². The first-order valence-corrected chi connectivity index (χ1v) is 7.28. The second-order valence-electron chi connectivity index (χ2n) is 5.15. The van der Waals surface area contributed by atoms with E-state index in [0.717, 1.165) is 17.3 Å². The monoisotopic (exact) mass is 320 g/mol. The van der Waals surface area contributed by atoms with Crippen LogP contribution in [-0.2, 0) is 11.2 Å². The van der Waals surface area contributed by atoms with Crippen LogP contribution in [0.5, 0.6) is 0 Å². The van der Waals surface area contributed by atoms with E-state index in [4.69, 9.17) is 0 Å². The normalized spacial score (nSPS) is 16.3. The molecule has 1 aromatic rings. The lowest BCUT2D eigenvalue weighted by Gasteiger charge is -2.36. The molecule has 1 fully saturated rings. The number of carbonyl (C=O) groups is 1. The summed E-state index contributed by atoms with van der Waals surface area (Å²) in [6.07, 6.45) is 3.22. The fraction of sp³-hybridized carbons (Fsp3) is 0.467. The quantitative estimate of drug-likeness (QED) is 0.855. The highest BCUT2D eigenvalue weighted by Gasteiger charge is 2.45. The maximum Gasteiger partial charge on any atom is 0.242 e. The molecule has 0 bridgehead atoms. The third kappa shape index (κ3) is 2.98. The van der Waals surface area contributed by atoms with Crippen LogP contribution in [0.2, 0.25) is 0 Å². The van der Waals surface area contributed by atoms with Gasteiger partial charge >= 0.3 is 0 Å². The molecule has 3 nitrogen and oxygen atoms in total. The molecule has 0 unspecified atom stereocenters. The van der Waals surface area contributed by atoms with Gasteiger partial charge in [0.25, 0.3) is 0 Å². The van der Waals surface area contributed by atoms with Crippen molar-refractivity contribution in [1.29, 1.82) is 5.26 Å². The van der Waals surface area contributed by atoms with Gasteiger partial charge in [-0.05, 0) is 43.4 Å². The van der Waals surface area contributed by atoms with Crippen molar-refractivity contribution in [2.24, 2.45) is 5.41 Å². The SMILES string of the molecule is CN(CCc1cccc(Br)c1)C(=O)C1(C#N)CCC1. The van der Waals surface area contributed by atoms with Gasteiger partial charge < -0.3 is 4.90 Å². The summed E-state index contributed by atoms with van der Waals surface area (Å²) < 4.78 is 1.05. The van der Waals surface area contributed by atoms with Gasteiger partial charge in [-0.25, -0.2) is 0 Å². The predicted octanol–water partition coefficient (Wildman–Crippen LogP) is 3.14. The first-order valence-electron chi connectivity index (χ1n) is 6.49. The number of carbonyl (C=O) groups excluding carboxylic acids is 1. The first-order chi connectivity index (χ1) is 9.07. The van der Waals surface area contributed by atoms with Gasteiger partial charge in [-0.3, -0.25) is 4.79 Å². The molecule has 4 heteroatoms. The lowest BCUT2D eigenvalue weighted by Crippen LogP contribution is -2.46. The smallest absolute Gasteiger partial charge is 0.242 e. The van der Waals surface area contributed by atoms with Crippen LogP contribution >= 0.6 is 15.9 Å². The van der Waals surface area contributed by atoms with Gasteiger partial charge in [0.05, 0.1) is 6.07 Å². The maximum absolute atomic E-state index is 12.3. The molecule has 0 saturated heterocycles. The molecular weight excluding hydrogens is 304 g/mol. The van der Waals surface area contributed by atoms with Crippen LogP contribution in [0.25, 0.3) is 0 Å². The standard InChI is InChI=1S/C15H17BrN2O/c1-18(14(19)15(11-17)7-3-8-15)9-6-12-4-2-5-13(16)10-12/h2,4-5,10H,3,6-9H2,1H3. The molecule has 1 saturated carbocycles. The van der Waals surface area contributed by atoms with E-state index in [2.05, 4.69) is 28.1 Å². The summed E-state index contributed by atoms with van der Waals surface area (Å²) in [5.41, 5.74) is 0.458. The number of hydrogen-bond acceptors (Lipinski definition) is 2. The summed E-state index contributed by atoms with van der Waals surface area (Å²) in [6.45, 7) is 0.652. The van der Waals surface area contributed by atoms with Crippen molar-refractivity contribution in [2.75, 3.05) is 13.6 Å². The summed E-state index contributed by atoms with van der Waals surface area (Å²) >= 11 is 3.44. The number of rotatable bonds is 4. The maximum atomic E-state index is 12.3. The number of hydrogen-bond donors (Lipinski definition) is 0. The fourth-order valence-electron chi connectivity index (χ4n) is 2.36. The van der Waals surface area contributed by atoms with Crippen LogP contribution in [0.1, 0.15) is 24.8 Å². The summed E-state index contributed by atoms with van der Waals surface area (Å²) in [5, 5.41) is 9.17. The molecule has 0 aromatic heterocycles. The second kappa shape index (κ2) is 5.75. The van der Waals surface area contributed by atoms with E-state index in [1.54, 1.807) is 11.9 Å². The summed E-state index contributed by atoms with van der Waals surface area (Å²) in [6, 6.07) is 10.3. The topological polar surface area (TPSA) is 44.1 Å². The van der Waals surface area contributed by atoms with Crippen molar-refractivity contribution >= 4 is 21.8 Å². The van der Waals surface area contributed by atoms with E-state index in [9.17, 15) is 10.1 Å². The van der Waals surface area contributed by atoms with Crippen LogP contribution in [0.15, 0.2) is 28.7 Å². The Morgan fingerprint density at radius 3 is 2.79 bits per heavy atom. The summed E-state index contributed by atoms with van der Waals surface area (Å²) in [4.78, 5) is 14.0. The van der Waals surface area contributed by atoms with Gasteiger partial charge in [0.1, 0.15) is 5.41 Å². The highest BCUT2D eigenvalue weighted by Crippen LogP contribution is 2.41. The van der Waals surface area contributed by atoms with Crippen LogP contribution < -0.4 is 0 Å². The number of likely N-dealkylation sites (N-methyl/N-ethyl adjacent to an activating group) is 1. The molecule has 0 heterocycles. The molecule has 0 spiro atoms. The van der Waals surface area contributed by atoms with Crippen molar-refractivity contribution in [2.45, 2.75) is 25.7 Å². The number of benzene rings is 1. The van der Waals surface area contributed by atoms with Crippen LogP contribution in [-0.4, -0.2) is 24.4 Å². The highest BCUT2D eigenvalue weighted by molar-refractivity contribution is 9.10. The Labute approximate surface area is 122 Å². The van der Waals surface area contributed by atoms with E-state index in [1.807, 2.05) is 18.2 Å². The molecule has 1 amide bonds. The van der Waals surface area contributed by atoms with Gasteiger partial charge in [0, 0.05) is 18.1 Å². The van der Waals surface area contributed by atoms with Gasteiger partial charge in [-0.1, -0.05) is 28.1 Å². The highest BCUT2D eigenvalue weighted by atomic mass is 79.9. The molecule has 2 rings (SSSR count). The molecule has 0 N–H and O–H groups in total. The summed E-state index contributed by atoms with van der Waals surface area (Å²) in [7, 11) is 1.79. The lowest BCUT2D eigenvalue weighted by atomic mass is 9.69. The zero-order valence-electron chi connectivity index (χ0n) is 11.0. The molecule has 1 aliphatic rings. The summed E-state index contributed by atoms with van der Waals surface area (Å²) in [5.74, 6) is -0.0174. The third-order valence-electron chi connectivity index (χ3n) is 3.80. The minimum atomic E-state index is -0.730. The number of nitrogens with zero attached hydrogens (tertiary/aromatic N) is 2. The van der Waals surface area contributed by atoms with Gasteiger partial charge in [-0.2, -0.15) is 5.26 Å². The lowest BCUT2D eigenvalue weighted by molar-refractivity contribution is -0.141. The molecule has 19 heavy (non-hydrogen) atoms. The largest absolute Gasteiger partial charge is 0.344 e. The molecule has 0 radical (unpaired) electrons. The van der Waals surface area contributed by atoms with Gasteiger partial charge in [-0.15, -0.1) is 0 Å². The number of nitriles is 1. The fourth-order valence-corrected chi connectivity index (χ4v) is 2.81. The van der Waals surface area contributed by atoms with Crippen molar-refractivity contribution in [3.05, 3.63) is 34.3 Å². The minimum absolute atomic E-state index is 0.0174. The molecule has 0 aliphatic heterocycles. The third-order valence-corrected chi connectivity index (χ3v) is 4.30. The Balaban J connectivity index is 1.93. The Hall–Kier alpha value is -1.34. The van der Waals surface area contributed by atoms with E-state index in [-0.39, 0.29) is 5.91 Å². The Morgan fingerprint density at radius 2 is 2.26 bits per heavy atom. The second-order valence-corrected chi connectivity index (χ2v) is 6.07. The number of amides is 1. The number of halogens is 1. The molecule has 100 valence electrons. The molecule has 1 aliphatic carbocycles. The predicted molar refractivity (Wildman–Crippen MR) is 77.4 cm³/mol. The Bertz CT molecular complexity index is 517. The van der Waals surface area contributed by atoms with Crippen LogP contribution in [0, 0.1) is 16.7 Å². The molecule has 0 atom stereocenters. The van der Waals surface area contributed by atoms with Gasteiger partial charge in [0.15, 0.2) is 0 Å². The zero-order chi connectivity index (χ0) is 13.9. The Kier molecular flexibility index (Phi) is 4.26.